The zero-order valence-electron chi connectivity index (χ0n) is 13.1. The molecule has 0 saturated carbocycles. The van der Waals surface area contributed by atoms with Crippen molar-refractivity contribution in [2.45, 2.75) is 0 Å². The van der Waals surface area contributed by atoms with Crippen LogP contribution in [0.15, 0.2) is 78.2 Å². The van der Waals surface area contributed by atoms with Crippen LogP contribution in [-0.4, -0.2) is 17.2 Å². The van der Waals surface area contributed by atoms with Crippen LogP contribution in [-0.2, 0) is 0 Å². The van der Waals surface area contributed by atoms with Crippen LogP contribution in [0.2, 0.25) is 5.02 Å². The molecule has 1 aromatic heterocycles. The number of carbonyl (C=O) groups excluding carboxylic acids is 1. The molecule has 2 aromatic carbocycles. The number of ether oxygens (including phenoxy) is 1. The minimum atomic E-state index is -0.445. The minimum Gasteiger partial charge on any atom is -0.423 e. The molecule has 3 rings (SSSR count). The number of esters is 1. The number of hydrazone groups is 1. The monoisotopic (exact) mass is 351 g/mol. The quantitative estimate of drug-likeness (QED) is 0.320. The van der Waals surface area contributed by atoms with E-state index < -0.39 is 5.97 Å². The van der Waals surface area contributed by atoms with Gasteiger partial charge in [0.1, 0.15) is 5.75 Å². The fourth-order valence-electron chi connectivity index (χ4n) is 1.98. The van der Waals surface area contributed by atoms with E-state index in [1.807, 2.05) is 12.1 Å². The number of hydrogen-bond acceptors (Lipinski definition) is 5. The van der Waals surface area contributed by atoms with Crippen molar-refractivity contribution in [2.75, 3.05) is 5.43 Å². The third-order valence-electron chi connectivity index (χ3n) is 3.24. The maximum atomic E-state index is 11.9. The Labute approximate surface area is 149 Å². The van der Waals surface area contributed by atoms with Gasteiger partial charge in [0.05, 0.1) is 17.5 Å². The van der Waals surface area contributed by atoms with E-state index in [1.54, 1.807) is 60.9 Å². The van der Waals surface area contributed by atoms with E-state index in [1.165, 1.54) is 6.20 Å². The van der Waals surface area contributed by atoms with Crippen LogP contribution >= 0.6 is 11.6 Å². The topological polar surface area (TPSA) is 63.6 Å². The van der Waals surface area contributed by atoms with Crippen molar-refractivity contribution in [3.05, 3.63) is 89.2 Å². The Kier molecular flexibility index (Phi) is 5.39. The van der Waals surface area contributed by atoms with Gasteiger partial charge in [-0.2, -0.15) is 5.10 Å². The lowest BCUT2D eigenvalue weighted by Crippen LogP contribution is -2.08. The van der Waals surface area contributed by atoms with Crippen LogP contribution in [0.3, 0.4) is 0 Å². The molecule has 5 nitrogen and oxygen atoms in total. The summed E-state index contributed by atoms with van der Waals surface area (Å²) in [6, 6.07) is 17.6. The first-order valence-corrected chi connectivity index (χ1v) is 7.85. The van der Waals surface area contributed by atoms with Crippen molar-refractivity contribution >= 4 is 29.5 Å². The van der Waals surface area contributed by atoms with Crippen LogP contribution < -0.4 is 10.2 Å². The lowest BCUT2D eigenvalue weighted by molar-refractivity contribution is 0.0734. The van der Waals surface area contributed by atoms with Crippen molar-refractivity contribution in [3.63, 3.8) is 0 Å². The van der Waals surface area contributed by atoms with E-state index in [2.05, 4.69) is 15.5 Å². The Bertz CT molecular complexity index is 863. The molecule has 0 spiro atoms. The van der Waals surface area contributed by atoms with Gasteiger partial charge < -0.3 is 4.74 Å². The third-order valence-corrected chi connectivity index (χ3v) is 3.49. The van der Waals surface area contributed by atoms with Crippen molar-refractivity contribution in [3.8, 4) is 5.75 Å². The van der Waals surface area contributed by atoms with Crippen molar-refractivity contribution < 1.29 is 9.53 Å². The van der Waals surface area contributed by atoms with E-state index in [4.69, 9.17) is 16.3 Å². The summed E-state index contributed by atoms with van der Waals surface area (Å²) in [5, 5.41) is 4.82. The number of aromatic nitrogens is 1. The molecule has 0 aliphatic rings. The molecule has 0 atom stereocenters. The fourth-order valence-corrected chi connectivity index (χ4v) is 2.10. The standard InChI is InChI=1S/C19H14ClN3O2/c20-16-5-7-17(8-6-16)23-22-12-14-3-9-18(10-4-14)25-19(24)15-2-1-11-21-13-15/h1-13,23H/b22-12-. The van der Waals surface area contributed by atoms with Crippen molar-refractivity contribution in [1.29, 1.82) is 0 Å². The summed E-state index contributed by atoms with van der Waals surface area (Å²) >= 11 is 5.83. The maximum Gasteiger partial charge on any atom is 0.345 e. The van der Waals surface area contributed by atoms with Gasteiger partial charge in [0.15, 0.2) is 0 Å². The molecular weight excluding hydrogens is 338 g/mol. The second kappa shape index (κ2) is 8.08. The molecule has 6 heteroatoms. The van der Waals surface area contributed by atoms with Gasteiger partial charge in [0.2, 0.25) is 0 Å². The van der Waals surface area contributed by atoms with Gasteiger partial charge in [-0.1, -0.05) is 11.6 Å². The average Bonchev–Trinajstić information content (AvgIpc) is 2.65. The number of halogens is 1. The number of pyridine rings is 1. The SMILES string of the molecule is O=C(Oc1ccc(/C=N\Nc2ccc(Cl)cc2)cc1)c1cccnc1. The highest BCUT2D eigenvalue weighted by Crippen LogP contribution is 2.15. The zero-order valence-corrected chi connectivity index (χ0v) is 13.9. The number of carbonyl (C=O) groups is 1. The summed E-state index contributed by atoms with van der Waals surface area (Å²) in [5.41, 5.74) is 5.01. The Morgan fingerprint density at radius 1 is 1.08 bits per heavy atom. The predicted molar refractivity (Wildman–Crippen MR) is 98.3 cm³/mol. The fraction of sp³-hybridized carbons (Fsp3) is 0. The van der Waals surface area contributed by atoms with Crippen LogP contribution in [0.5, 0.6) is 5.75 Å². The molecule has 0 fully saturated rings. The number of nitrogens with one attached hydrogen (secondary N) is 1. The minimum absolute atomic E-state index is 0.403. The lowest BCUT2D eigenvalue weighted by Gasteiger charge is -2.04. The van der Waals surface area contributed by atoms with Crippen LogP contribution in [0.25, 0.3) is 0 Å². The van der Waals surface area contributed by atoms with E-state index >= 15 is 0 Å². The highest BCUT2D eigenvalue weighted by molar-refractivity contribution is 6.30. The second-order valence-corrected chi connectivity index (χ2v) is 5.51. The Morgan fingerprint density at radius 2 is 1.84 bits per heavy atom. The normalized spacial score (nSPS) is 10.6. The van der Waals surface area contributed by atoms with Gasteiger partial charge in [0.25, 0.3) is 0 Å². The number of benzene rings is 2. The van der Waals surface area contributed by atoms with Crippen LogP contribution in [0.1, 0.15) is 15.9 Å². The summed E-state index contributed by atoms with van der Waals surface area (Å²) in [5.74, 6) is 0.00980. The van der Waals surface area contributed by atoms with Gasteiger partial charge in [-0.15, -0.1) is 0 Å². The zero-order chi connectivity index (χ0) is 17.5. The summed E-state index contributed by atoms with van der Waals surface area (Å²) in [4.78, 5) is 15.8. The van der Waals surface area contributed by atoms with Gasteiger partial charge in [-0.05, 0) is 66.2 Å². The number of anilines is 1. The molecule has 25 heavy (non-hydrogen) atoms. The van der Waals surface area contributed by atoms with E-state index in [-0.39, 0.29) is 0 Å². The number of nitrogens with zero attached hydrogens (tertiary/aromatic N) is 2. The Balaban J connectivity index is 1.57. The van der Waals surface area contributed by atoms with E-state index in [0.29, 0.717) is 16.3 Å². The van der Waals surface area contributed by atoms with E-state index in [9.17, 15) is 4.79 Å². The van der Waals surface area contributed by atoms with Gasteiger partial charge in [-0.3, -0.25) is 10.4 Å². The second-order valence-electron chi connectivity index (χ2n) is 5.08. The molecule has 0 unspecified atom stereocenters. The molecular formula is C19H14ClN3O2. The van der Waals surface area contributed by atoms with E-state index in [0.717, 1.165) is 11.3 Å². The molecule has 0 amide bonds. The average molecular weight is 352 g/mol. The molecule has 3 aromatic rings. The number of hydrogen-bond donors (Lipinski definition) is 1. The Hall–Kier alpha value is -3.18. The summed E-state index contributed by atoms with van der Waals surface area (Å²) < 4.78 is 5.29. The first-order chi connectivity index (χ1) is 12.2. The largest absolute Gasteiger partial charge is 0.423 e. The van der Waals surface area contributed by atoms with Gasteiger partial charge in [0, 0.05) is 17.4 Å². The molecule has 124 valence electrons. The van der Waals surface area contributed by atoms with Gasteiger partial charge >= 0.3 is 5.97 Å². The maximum absolute atomic E-state index is 11.9. The van der Waals surface area contributed by atoms with Crippen molar-refractivity contribution in [1.82, 2.24) is 4.98 Å². The third kappa shape index (κ3) is 4.89. The molecule has 0 bridgehead atoms. The molecule has 1 N–H and O–H groups in total. The molecule has 1 heterocycles. The van der Waals surface area contributed by atoms with Gasteiger partial charge in [-0.25, -0.2) is 4.79 Å². The first kappa shape index (κ1) is 16.7. The first-order valence-electron chi connectivity index (χ1n) is 7.47. The Morgan fingerprint density at radius 3 is 2.52 bits per heavy atom. The lowest BCUT2D eigenvalue weighted by atomic mass is 10.2. The van der Waals surface area contributed by atoms with Crippen molar-refractivity contribution in [2.24, 2.45) is 5.10 Å². The van der Waals surface area contributed by atoms with Crippen LogP contribution in [0.4, 0.5) is 5.69 Å². The summed E-state index contributed by atoms with van der Waals surface area (Å²) in [6.45, 7) is 0. The summed E-state index contributed by atoms with van der Waals surface area (Å²) in [7, 11) is 0. The molecule has 0 radical (unpaired) electrons. The molecule has 0 aliphatic heterocycles. The smallest absolute Gasteiger partial charge is 0.345 e. The number of rotatable bonds is 5. The predicted octanol–water partition coefficient (Wildman–Crippen LogP) is 4.40. The highest BCUT2D eigenvalue weighted by Gasteiger charge is 2.07. The molecule has 0 aliphatic carbocycles. The molecule has 0 saturated heterocycles. The highest BCUT2D eigenvalue weighted by atomic mass is 35.5. The summed E-state index contributed by atoms with van der Waals surface area (Å²) in [6.07, 6.45) is 4.73. The van der Waals surface area contributed by atoms with Crippen LogP contribution in [0, 0.1) is 0 Å².